The van der Waals surface area contributed by atoms with Crippen LogP contribution in [0.3, 0.4) is 0 Å². The van der Waals surface area contributed by atoms with Gasteiger partial charge in [0.1, 0.15) is 13.2 Å². The van der Waals surface area contributed by atoms with Gasteiger partial charge in [-0.05, 0) is 109 Å². The summed E-state index contributed by atoms with van der Waals surface area (Å²) >= 11 is 0. The number of esters is 3. The van der Waals surface area contributed by atoms with Crippen LogP contribution in [-0.2, 0) is 28.6 Å². The van der Waals surface area contributed by atoms with Crippen LogP contribution >= 0.6 is 0 Å². The maximum Gasteiger partial charge on any atom is 0.306 e. The zero-order valence-electron chi connectivity index (χ0n) is 53.7. The summed E-state index contributed by atoms with van der Waals surface area (Å²) in [6.45, 7) is 6.42. The van der Waals surface area contributed by atoms with Crippen molar-refractivity contribution in [2.24, 2.45) is 0 Å². The van der Waals surface area contributed by atoms with E-state index >= 15 is 0 Å². The van der Waals surface area contributed by atoms with Gasteiger partial charge in [-0.1, -0.05) is 316 Å². The highest BCUT2D eigenvalue weighted by atomic mass is 16.6. The van der Waals surface area contributed by atoms with Crippen LogP contribution in [-0.4, -0.2) is 37.2 Å². The first-order valence-electron chi connectivity index (χ1n) is 34.5. The summed E-state index contributed by atoms with van der Waals surface area (Å²) in [4.78, 5) is 38.3. The smallest absolute Gasteiger partial charge is 0.306 e. The third-order valence-corrected chi connectivity index (χ3v) is 14.7. The Bertz CT molecular complexity index is 1690. The highest BCUT2D eigenvalue weighted by Gasteiger charge is 2.19. The zero-order chi connectivity index (χ0) is 59.2. The molecule has 0 amide bonds. The molecular weight excluding hydrogens is 1010 g/mol. The second kappa shape index (κ2) is 69.3. The molecule has 6 nitrogen and oxygen atoms in total. The minimum absolute atomic E-state index is 0.0784. The fraction of sp³-hybridized carbons (Fsp3) is 0.697. The van der Waals surface area contributed by atoms with Crippen LogP contribution in [0.5, 0.6) is 0 Å². The monoisotopic (exact) mass is 1140 g/mol. The molecule has 0 aliphatic carbocycles. The molecule has 0 rings (SSSR count). The van der Waals surface area contributed by atoms with Crippen molar-refractivity contribution < 1.29 is 28.6 Å². The van der Waals surface area contributed by atoms with Crippen molar-refractivity contribution in [1.82, 2.24) is 0 Å². The van der Waals surface area contributed by atoms with E-state index in [0.717, 1.165) is 122 Å². The largest absolute Gasteiger partial charge is 0.462 e. The normalized spacial score (nSPS) is 12.9. The highest BCUT2D eigenvalue weighted by molar-refractivity contribution is 5.71. The van der Waals surface area contributed by atoms with Crippen molar-refractivity contribution >= 4 is 17.9 Å². The quantitative estimate of drug-likeness (QED) is 0.0261. The van der Waals surface area contributed by atoms with E-state index in [4.69, 9.17) is 14.2 Å². The summed E-state index contributed by atoms with van der Waals surface area (Å²) in [6.07, 6.45) is 96.5. The number of allylic oxidation sites excluding steroid dienone is 20. The van der Waals surface area contributed by atoms with Crippen LogP contribution in [0.2, 0.25) is 0 Å². The molecule has 0 radical (unpaired) electrons. The van der Waals surface area contributed by atoms with Crippen LogP contribution in [0.1, 0.15) is 323 Å². The van der Waals surface area contributed by atoms with Gasteiger partial charge in [0.05, 0.1) is 0 Å². The third-order valence-electron chi connectivity index (χ3n) is 14.7. The molecule has 0 bridgehead atoms. The average Bonchev–Trinajstić information content (AvgIpc) is 3.48. The van der Waals surface area contributed by atoms with Gasteiger partial charge in [-0.2, -0.15) is 0 Å². The van der Waals surface area contributed by atoms with Gasteiger partial charge in [0, 0.05) is 19.3 Å². The molecule has 0 N–H and O–H groups in total. The fourth-order valence-electron chi connectivity index (χ4n) is 9.62. The van der Waals surface area contributed by atoms with E-state index in [0.29, 0.717) is 19.3 Å². The molecular formula is C76H128O6. The van der Waals surface area contributed by atoms with Crippen molar-refractivity contribution in [3.63, 3.8) is 0 Å². The minimum atomic E-state index is -0.782. The second-order valence-corrected chi connectivity index (χ2v) is 22.7. The third kappa shape index (κ3) is 66.6. The van der Waals surface area contributed by atoms with Gasteiger partial charge in [-0.15, -0.1) is 0 Å². The van der Waals surface area contributed by atoms with Gasteiger partial charge in [-0.25, -0.2) is 0 Å². The summed E-state index contributed by atoms with van der Waals surface area (Å²) in [5.41, 5.74) is 0. The Balaban J connectivity index is 4.23. The van der Waals surface area contributed by atoms with E-state index in [1.54, 1.807) is 0 Å². The van der Waals surface area contributed by atoms with E-state index in [1.165, 1.54) is 161 Å². The molecule has 0 fully saturated rings. The molecule has 0 spiro atoms. The second-order valence-electron chi connectivity index (χ2n) is 22.7. The molecule has 1 unspecified atom stereocenters. The maximum atomic E-state index is 12.9. The maximum absolute atomic E-state index is 12.9. The van der Waals surface area contributed by atoms with Gasteiger partial charge >= 0.3 is 17.9 Å². The Morgan fingerprint density at radius 3 is 0.744 bits per heavy atom. The van der Waals surface area contributed by atoms with Gasteiger partial charge in [0.25, 0.3) is 0 Å². The van der Waals surface area contributed by atoms with E-state index in [2.05, 4.69) is 142 Å². The zero-order valence-corrected chi connectivity index (χ0v) is 53.7. The number of rotatable bonds is 62. The first-order chi connectivity index (χ1) is 40.5. The lowest BCUT2D eigenvalue weighted by molar-refractivity contribution is -0.167. The van der Waals surface area contributed by atoms with Crippen LogP contribution < -0.4 is 0 Å². The summed E-state index contributed by atoms with van der Waals surface area (Å²) in [5.74, 6) is -0.876. The Hall–Kier alpha value is -4.19. The Morgan fingerprint density at radius 2 is 0.476 bits per heavy atom. The number of carbonyl (C=O) groups excluding carboxylic acids is 3. The van der Waals surface area contributed by atoms with Gasteiger partial charge in [-0.3, -0.25) is 14.4 Å². The standard InChI is InChI=1S/C76H128O6/c1-4-7-10-13-16-19-22-24-26-28-30-32-34-36-38-40-42-44-46-48-50-52-54-57-60-63-66-69-75(78)81-72-73(71-80-74(77)68-65-62-59-56-21-18-15-12-9-6-3)82-76(79)70-67-64-61-58-55-53-51-49-47-45-43-41-39-37-35-33-31-29-27-25-23-20-17-14-11-8-5-2/h7-8,10-11,16-17,19-20,24-27,30-33,36-39,73H,4-6,9,12-15,18,21-23,28-29,34-35,40-72H2,1-3H3/b10-7-,11-8-,19-16-,20-17-,26-24-,27-25-,32-30-,33-31-,38-36-,39-37-. The topological polar surface area (TPSA) is 78.9 Å². The first-order valence-corrected chi connectivity index (χ1v) is 34.5. The number of ether oxygens (including phenoxy) is 3. The molecule has 0 saturated carbocycles. The molecule has 0 saturated heterocycles. The molecule has 0 aromatic carbocycles. The van der Waals surface area contributed by atoms with E-state index in [1.807, 2.05) is 0 Å². The SMILES string of the molecule is CC/C=C\C/C=C\C/C=C\C/C=C\C/C=C\CCCCCCCCCCCCCC(=O)OCC(COC(=O)CCCCCCCCCCCC)OC(=O)CCCCCCCCCCCCC/C=C\C/C=C\C/C=C\C/C=C\C/C=C\CC. The van der Waals surface area contributed by atoms with E-state index in [9.17, 15) is 14.4 Å². The van der Waals surface area contributed by atoms with Crippen LogP contribution in [0.4, 0.5) is 0 Å². The molecule has 0 heterocycles. The number of hydrogen-bond acceptors (Lipinski definition) is 6. The van der Waals surface area contributed by atoms with Crippen molar-refractivity contribution in [1.29, 1.82) is 0 Å². The van der Waals surface area contributed by atoms with Gasteiger partial charge in [0.2, 0.25) is 0 Å². The molecule has 0 aliphatic rings. The molecule has 0 aromatic heterocycles. The van der Waals surface area contributed by atoms with E-state index < -0.39 is 6.10 Å². The first kappa shape index (κ1) is 77.8. The molecule has 0 aliphatic heterocycles. The number of hydrogen-bond donors (Lipinski definition) is 0. The van der Waals surface area contributed by atoms with Crippen molar-refractivity contribution in [2.75, 3.05) is 13.2 Å². The summed E-state index contributed by atoms with van der Waals surface area (Å²) in [5, 5.41) is 0. The predicted molar refractivity (Wildman–Crippen MR) is 357 cm³/mol. The average molecular weight is 1140 g/mol. The van der Waals surface area contributed by atoms with Crippen LogP contribution in [0, 0.1) is 0 Å². The van der Waals surface area contributed by atoms with Crippen molar-refractivity contribution in [3.05, 3.63) is 122 Å². The van der Waals surface area contributed by atoms with Crippen LogP contribution in [0.15, 0.2) is 122 Å². The summed E-state index contributed by atoms with van der Waals surface area (Å²) in [7, 11) is 0. The highest BCUT2D eigenvalue weighted by Crippen LogP contribution is 2.17. The molecule has 6 heteroatoms. The number of unbranched alkanes of at least 4 members (excludes halogenated alkanes) is 31. The lowest BCUT2D eigenvalue weighted by Crippen LogP contribution is -2.30. The van der Waals surface area contributed by atoms with Gasteiger partial charge < -0.3 is 14.2 Å². The van der Waals surface area contributed by atoms with Crippen LogP contribution in [0.25, 0.3) is 0 Å². The lowest BCUT2D eigenvalue weighted by atomic mass is 10.0. The van der Waals surface area contributed by atoms with Gasteiger partial charge in [0.15, 0.2) is 6.10 Å². The van der Waals surface area contributed by atoms with Crippen molar-refractivity contribution in [3.8, 4) is 0 Å². The molecule has 468 valence electrons. The van der Waals surface area contributed by atoms with Crippen molar-refractivity contribution in [2.45, 2.75) is 329 Å². The molecule has 1 atom stereocenters. The predicted octanol–water partition coefficient (Wildman–Crippen LogP) is 23.9. The number of carbonyl (C=O) groups is 3. The minimum Gasteiger partial charge on any atom is -0.462 e. The van der Waals surface area contributed by atoms with E-state index in [-0.39, 0.29) is 31.1 Å². The molecule has 82 heavy (non-hydrogen) atoms. The molecule has 0 aromatic rings. The fourth-order valence-corrected chi connectivity index (χ4v) is 9.62. The summed E-state index contributed by atoms with van der Waals surface area (Å²) in [6, 6.07) is 0. The summed E-state index contributed by atoms with van der Waals surface area (Å²) < 4.78 is 16.9. The Labute approximate surface area is 507 Å². The lowest BCUT2D eigenvalue weighted by Gasteiger charge is -2.18. The Kier molecular flexibility index (Phi) is 65.8. The Morgan fingerprint density at radius 1 is 0.256 bits per heavy atom.